The van der Waals surface area contributed by atoms with Crippen LogP contribution >= 0.6 is 22.9 Å². The molecule has 7 nitrogen and oxygen atoms in total. The molecule has 3 aromatic rings. The van der Waals surface area contributed by atoms with Crippen molar-refractivity contribution >= 4 is 44.6 Å². The van der Waals surface area contributed by atoms with E-state index in [4.69, 9.17) is 4.18 Å². The molecule has 2 heterocycles. The molecule has 2 aromatic heterocycles. The Kier molecular flexibility index (Phi) is 4.60. The first-order valence-electron chi connectivity index (χ1n) is 6.63. The van der Waals surface area contributed by atoms with Crippen molar-refractivity contribution in [2.75, 3.05) is 5.32 Å². The second-order valence-corrected chi connectivity index (χ2v) is 8.12. The molecule has 0 aliphatic rings. The fourth-order valence-electron chi connectivity index (χ4n) is 1.86. The number of anilines is 1. The van der Waals surface area contributed by atoms with E-state index in [1.165, 1.54) is 36.7 Å². The Hall–Kier alpha value is -2.30. The van der Waals surface area contributed by atoms with Gasteiger partial charge in [0.15, 0.2) is 4.21 Å². The number of nitrogens with one attached hydrogen (secondary N) is 1. The normalized spacial score (nSPS) is 11.2. The lowest BCUT2D eigenvalue weighted by Crippen LogP contribution is -2.09. The van der Waals surface area contributed by atoms with Gasteiger partial charge in [0.2, 0.25) is 5.91 Å². The van der Waals surface area contributed by atoms with Gasteiger partial charge in [-0.1, -0.05) is 10.6 Å². The number of benzene rings is 1. The average Bonchev–Trinajstić information content (AvgIpc) is 3.18. The zero-order valence-corrected chi connectivity index (χ0v) is 14.7. The summed E-state index contributed by atoms with van der Waals surface area (Å²) in [4.78, 5) is 11.8. The van der Waals surface area contributed by atoms with E-state index in [-0.39, 0.29) is 15.9 Å². The summed E-state index contributed by atoms with van der Waals surface area (Å²) < 4.78 is 33.7. The largest absolute Gasteiger partial charge is 0.378 e. The van der Waals surface area contributed by atoms with Crippen LogP contribution < -0.4 is 9.50 Å². The third kappa shape index (κ3) is 3.78. The molecule has 0 atom stereocenters. The number of hydrogen-bond donors (Lipinski definition) is 1. The monoisotopic (exact) mass is 381 g/mol. The molecular formula is C14H11N3O4S3. The van der Waals surface area contributed by atoms with E-state index in [9.17, 15) is 13.2 Å². The first-order chi connectivity index (χ1) is 11.4. The highest BCUT2D eigenvalue weighted by Crippen LogP contribution is 2.31. The van der Waals surface area contributed by atoms with E-state index in [0.717, 1.165) is 11.3 Å². The first-order valence-corrected chi connectivity index (χ1v) is 9.69. The minimum absolute atomic E-state index is 0.0652. The summed E-state index contributed by atoms with van der Waals surface area (Å²) in [7, 11) is -3.97. The van der Waals surface area contributed by atoms with E-state index >= 15 is 0 Å². The maximum Gasteiger partial charge on any atom is 0.348 e. The number of rotatable bonds is 5. The average molecular weight is 381 g/mol. The zero-order valence-electron chi connectivity index (χ0n) is 12.3. The molecule has 0 saturated carbocycles. The summed E-state index contributed by atoms with van der Waals surface area (Å²) in [5.74, 6) is -0.138. The highest BCUT2D eigenvalue weighted by Gasteiger charge is 2.20. The van der Waals surface area contributed by atoms with Gasteiger partial charge in [-0.25, -0.2) is 0 Å². The van der Waals surface area contributed by atoms with Crippen molar-refractivity contribution in [2.24, 2.45) is 0 Å². The van der Waals surface area contributed by atoms with Crippen molar-refractivity contribution in [3.63, 3.8) is 0 Å². The van der Waals surface area contributed by atoms with Crippen LogP contribution in [0.25, 0.3) is 10.6 Å². The van der Waals surface area contributed by atoms with Gasteiger partial charge < -0.3 is 9.50 Å². The van der Waals surface area contributed by atoms with Gasteiger partial charge in [0, 0.05) is 24.1 Å². The molecule has 1 N–H and O–H groups in total. The lowest BCUT2D eigenvalue weighted by atomic mass is 10.3. The van der Waals surface area contributed by atoms with Gasteiger partial charge in [-0.2, -0.15) is 8.42 Å². The molecule has 124 valence electrons. The second kappa shape index (κ2) is 6.67. The van der Waals surface area contributed by atoms with E-state index in [1.807, 2.05) is 0 Å². The summed E-state index contributed by atoms with van der Waals surface area (Å²) >= 11 is 2.24. The van der Waals surface area contributed by atoms with Crippen molar-refractivity contribution in [3.05, 3.63) is 41.8 Å². The van der Waals surface area contributed by atoms with E-state index < -0.39 is 10.1 Å². The van der Waals surface area contributed by atoms with Crippen LogP contribution in [0.3, 0.4) is 0 Å². The van der Waals surface area contributed by atoms with E-state index in [0.29, 0.717) is 16.3 Å². The zero-order chi connectivity index (χ0) is 17.2. The predicted molar refractivity (Wildman–Crippen MR) is 91.8 cm³/mol. The molecule has 24 heavy (non-hydrogen) atoms. The predicted octanol–water partition coefficient (Wildman–Crippen LogP) is 2.99. The van der Waals surface area contributed by atoms with Gasteiger partial charge >= 0.3 is 10.1 Å². The second-order valence-electron chi connectivity index (χ2n) is 4.66. The van der Waals surface area contributed by atoms with Crippen LogP contribution in [0, 0.1) is 0 Å². The van der Waals surface area contributed by atoms with Gasteiger partial charge in [0.1, 0.15) is 11.4 Å². The van der Waals surface area contributed by atoms with Crippen LogP contribution in [0.5, 0.6) is 5.75 Å². The van der Waals surface area contributed by atoms with Gasteiger partial charge in [-0.3, -0.25) is 4.79 Å². The number of nitrogens with zero attached hydrogens (tertiary/aromatic N) is 2. The fraction of sp³-hybridized carbons (Fsp3) is 0.0714. The Balaban J connectivity index is 1.83. The molecule has 3 rings (SSSR count). The number of amides is 1. The molecular weight excluding hydrogens is 370 g/mol. The number of carbonyl (C=O) groups excluding carboxylic acids is 1. The van der Waals surface area contributed by atoms with Crippen molar-refractivity contribution in [2.45, 2.75) is 11.1 Å². The van der Waals surface area contributed by atoms with Crippen molar-refractivity contribution in [3.8, 4) is 16.3 Å². The molecule has 10 heteroatoms. The molecule has 0 unspecified atom stereocenters. The van der Waals surface area contributed by atoms with Gasteiger partial charge in [-0.15, -0.1) is 16.4 Å². The van der Waals surface area contributed by atoms with Gasteiger partial charge in [0.25, 0.3) is 0 Å². The van der Waals surface area contributed by atoms with Crippen LogP contribution in [0.4, 0.5) is 5.69 Å². The Morgan fingerprint density at radius 1 is 1.25 bits per heavy atom. The van der Waals surface area contributed by atoms with Gasteiger partial charge in [-0.05, 0) is 35.8 Å². The van der Waals surface area contributed by atoms with Crippen molar-refractivity contribution < 1.29 is 17.4 Å². The fourth-order valence-corrected chi connectivity index (χ4v) is 4.54. The smallest absolute Gasteiger partial charge is 0.348 e. The minimum Gasteiger partial charge on any atom is -0.378 e. The standard InChI is InChI=1S/C14H11N3O4S3/c1-9(18)15-10-3-2-4-11(7-10)21-24(19,20)14-6-5-13(23-14)12-8-22-17-16-12/h2-8H,1H3,(H,15,18). The Labute approximate surface area is 146 Å². The Morgan fingerprint density at radius 2 is 2.08 bits per heavy atom. The topological polar surface area (TPSA) is 98.2 Å². The molecule has 0 spiro atoms. The lowest BCUT2D eigenvalue weighted by molar-refractivity contribution is -0.114. The summed E-state index contributed by atoms with van der Waals surface area (Å²) in [5, 5.41) is 8.21. The lowest BCUT2D eigenvalue weighted by Gasteiger charge is -2.07. The van der Waals surface area contributed by atoms with Crippen molar-refractivity contribution in [1.29, 1.82) is 0 Å². The van der Waals surface area contributed by atoms with Crippen LogP contribution in [-0.2, 0) is 14.9 Å². The number of aromatic nitrogens is 2. The SMILES string of the molecule is CC(=O)Nc1cccc(OS(=O)(=O)c2ccc(-c3csnn3)s2)c1. The summed E-state index contributed by atoms with van der Waals surface area (Å²) in [6.07, 6.45) is 0. The van der Waals surface area contributed by atoms with Crippen LogP contribution in [0.1, 0.15) is 6.92 Å². The maximum atomic E-state index is 12.4. The summed E-state index contributed by atoms with van der Waals surface area (Å²) in [6.45, 7) is 1.37. The number of thiophene rings is 1. The first kappa shape index (κ1) is 16.6. The van der Waals surface area contributed by atoms with Crippen LogP contribution in [0.15, 0.2) is 46.0 Å². The van der Waals surface area contributed by atoms with E-state index in [2.05, 4.69) is 14.9 Å². The van der Waals surface area contributed by atoms with Crippen LogP contribution in [0.2, 0.25) is 0 Å². The Bertz CT molecular complexity index is 965. The third-order valence-corrected chi connectivity index (χ3v) is 6.11. The molecule has 0 fully saturated rings. The molecule has 0 saturated heterocycles. The number of hydrogen-bond acceptors (Lipinski definition) is 8. The highest BCUT2D eigenvalue weighted by atomic mass is 32.3. The van der Waals surface area contributed by atoms with Gasteiger partial charge in [0.05, 0.1) is 4.88 Å². The van der Waals surface area contributed by atoms with Crippen molar-refractivity contribution in [1.82, 2.24) is 9.59 Å². The van der Waals surface area contributed by atoms with E-state index in [1.54, 1.807) is 23.6 Å². The molecule has 0 bridgehead atoms. The van der Waals surface area contributed by atoms with Crippen LogP contribution in [-0.4, -0.2) is 23.9 Å². The molecule has 1 aromatic carbocycles. The molecule has 1 amide bonds. The quantitative estimate of drug-likeness (QED) is 0.682. The number of carbonyl (C=O) groups is 1. The molecule has 0 aliphatic heterocycles. The third-order valence-electron chi connectivity index (χ3n) is 2.80. The minimum atomic E-state index is -3.97. The summed E-state index contributed by atoms with van der Waals surface area (Å²) in [5.41, 5.74) is 1.08. The summed E-state index contributed by atoms with van der Waals surface area (Å²) in [6, 6.07) is 9.30. The maximum absolute atomic E-state index is 12.4. The Morgan fingerprint density at radius 3 is 2.79 bits per heavy atom. The molecule has 0 radical (unpaired) electrons. The highest BCUT2D eigenvalue weighted by molar-refractivity contribution is 7.89. The molecule has 0 aliphatic carbocycles.